The lowest BCUT2D eigenvalue weighted by atomic mass is 10.1. The third-order valence-electron chi connectivity index (χ3n) is 3.48. The number of hydrogen-bond acceptors (Lipinski definition) is 3. The summed E-state index contributed by atoms with van der Waals surface area (Å²) in [6.07, 6.45) is 1.95. The molecule has 0 heterocycles. The Bertz CT molecular complexity index is 398. The molecule has 1 atom stereocenters. The minimum absolute atomic E-state index is 0.244. The first kappa shape index (κ1) is 17.5. The number of rotatable bonds is 9. The Labute approximate surface area is 131 Å². The van der Waals surface area contributed by atoms with Crippen LogP contribution in [0.25, 0.3) is 0 Å². The highest BCUT2D eigenvalue weighted by Crippen LogP contribution is 2.28. The molecule has 0 amide bonds. The van der Waals surface area contributed by atoms with Crippen molar-refractivity contribution in [1.29, 1.82) is 0 Å². The Morgan fingerprint density at radius 1 is 1.35 bits per heavy atom. The van der Waals surface area contributed by atoms with E-state index in [0.29, 0.717) is 6.04 Å². The summed E-state index contributed by atoms with van der Waals surface area (Å²) in [5.74, 6) is 0. The molecule has 0 spiro atoms. The van der Waals surface area contributed by atoms with E-state index in [1.165, 1.54) is 11.3 Å². The van der Waals surface area contributed by atoms with Crippen LogP contribution in [0.3, 0.4) is 0 Å². The van der Waals surface area contributed by atoms with Gasteiger partial charge in [-0.3, -0.25) is 0 Å². The van der Waals surface area contributed by atoms with E-state index in [1.807, 2.05) is 0 Å². The van der Waals surface area contributed by atoms with Crippen LogP contribution >= 0.6 is 15.9 Å². The Kier molecular flexibility index (Phi) is 8.19. The molecule has 20 heavy (non-hydrogen) atoms. The van der Waals surface area contributed by atoms with Gasteiger partial charge >= 0.3 is 0 Å². The second kappa shape index (κ2) is 9.37. The van der Waals surface area contributed by atoms with Crippen molar-refractivity contribution in [3.05, 3.63) is 28.2 Å². The van der Waals surface area contributed by atoms with Crippen molar-refractivity contribution in [2.24, 2.45) is 0 Å². The second-order valence-electron chi connectivity index (χ2n) is 5.04. The van der Waals surface area contributed by atoms with Crippen LogP contribution < -0.4 is 10.2 Å². The van der Waals surface area contributed by atoms with E-state index in [1.54, 1.807) is 0 Å². The fraction of sp³-hybridized carbons (Fsp3) is 0.625. The van der Waals surface area contributed by atoms with Crippen LogP contribution in [0.1, 0.15) is 45.2 Å². The van der Waals surface area contributed by atoms with Gasteiger partial charge in [0.15, 0.2) is 0 Å². The standard InChI is InChI=1S/C16H27BrN2O/c1-4-9-18-13(3)15-8-7-14(12-16(15)17)19(5-2)10-6-11-20/h7-8,12-13,18,20H,4-6,9-11H2,1-3H3. The van der Waals surface area contributed by atoms with Crippen molar-refractivity contribution in [2.75, 3.05) is 31.1 Å². The Morgan fingerprint density at radius 2 is 2.10 bits per heavy atom. The molecule has 0 fully saturated rings. The van der Waals surface area contributed by atoms with Crippen LogP contribution in [-0.4, -0.2) is 31.3 Å². The lowest BCUT2D eigenvalue weighted by Crippen LogP contribution is -2.25. The molecule has 1 unspecified atom stereocenters. The van der Waals surface area contributed by atoms with E-state index in [-0.39, 0.29) is 6.61 Å². The highest BCUT2D eigenvalue weighted by atomic mass is 79.9. The number of hydrogen-bond donors (Lipinski definition) is 2. The Balaban J connectivity index is 2.80. The summed E-state index contributed by atoms with van der Waals surface area (Å²) in [7, 11) is 0. The summed E-state index contributed by atoms with van der Waals surface area (Å²) in [5.41, 5.74) is 2.50. The molecule has 0 radical (unpaired) electrons. The number of aliphatic hydroxyl groups is 1. The average molecular weight is 343 g/mol. The molecule has 0 saturated heterocycles. The van der Waals surface area contributed by atoms with Gasteiger partial charge in [-0.1, -0.05) is 28.9 Å². The normalized spacial score (nSPS) is 12.4. The number of benzene rings is 1. The van der Waals surface area contributed by atoms with Gasteiger partial charge in [0.25, 0.3) is 0 Å². The van der Waals surface area contributed by atoms with Crippen molar-refractivity contribution in [3.63, 3.8) is 0 Å². The molecule has 4 heteroatoms. The van der Waals surface area contributed by atoms with Crippen molar-refractivity contribution in [1.82, 2.24) is 5.32 Å². The lowest BCUT2D eigenvalue weighted by Gasteiger charge is -2.24. The molecule has 3 nitrogen and oxygen atoms in total. The van der Waals surface area contributed by atoms with E-state index < -0.39 is 0 Å². The Morgan fingerprint density at radius 3 is 2.65 bits per heavy atom. The molecule has 0 bridgehead atoms. The van der Waals surface area contributed by atoms with Gasteiger partial charge in [0.2, 0.25) is 0 Å². The fourth-order valence-electron chi connectivity index (χ4n) is 2.27. The third kappa shape index (κ3) is 5.08. The maximum atomic E-state index is 8.97. The first-order valence-electron chi connectivity index (χ1n) is 7.52. The Hall–Kier alpha value is -0.580. The van der Waals surface area contributed by atoms with Gasteiger partial charge in [0, 0.05) is 35.9 Å². The summed E-state index contributed by atoms with van der Waals surface area (Å²) >= 11 is 3.69. The van der Waals surface area contributed by atoms with Crippen molar-refractivity contribution < 1.29 is 5.11 Å². The molecule has 1 aromatic rings. The first-order valence-corrected chi connectivity index (χ1v) is 8.31. The maximum absolute atomic E-state index is 8.97. The quantitative estimate of drug-likeness (QED) is 0.717. The topological polar surface area (TPSA) is 35.5 Å². The summed E-state index contributed by atoms with van der Waals surface area (Å²) < 4.78 is 1.15. The van der Waals surface area contributed by atoms with Gasteiger partial charge < -0.3 is 15.3 Å². The smallest absolute Gasteiger partial charge is 0.0447 e. The van der Waals surface area contributed by atoms with E-state index in [0.717, 1.165) is 36.9 Å². The summed E-state index contributed by atoms with van der Waals surface area (Å²) in [4.78, 5) is 2.29. The lowest BCUT2D eigenvalue weighted by molar-refractivity contribution is 0.289. The van der Waals surface area contributed by atoms with Gasteiger partial charge in [-0.25, -0.2) is 0 Å². The molecule has 1 rings (SSSR count). The van der Waals surface area contributed by atoms with E-state index in [4.69, 9.17) is 5.11 Å². The van der Waals surface area contributed by atoms with Gasteiger partial charge in [-0.2, -0.15) is 0 Å². The van der Waals surface area contributed by atoms with Gasteiger partial charge in [-0.05, 0) is 50.9 Å². The maximum Gasteiger partial charge on any atom is 0.0447 e. The van der Waals surface area contributed by atoms with Crippen molar-refractivity contribution in [3.8, 4) is 0 Å². The number of anilines is 1. The van der Waals surface area contributed by atoms with E-state index in [2.05, 4.69) is 65.1 Å². The molecule has 0 saturated carbocycles. The number of nitrogens with one attached hydrogen (secondary N) is 1. The number of nitrogens with zero attached hydrogens (tertiary/aromatic N) is 1. The highest BCUT2D eigenvalue weighted by molar-refractivity contribution is 9.10. The van der Waals surface area contributed by atoms with E-state index in [9.17, 15) is 0 Å². The fourth-order valence-corrected chi connectivity index (χ4v) is 2.98. The second-order valence-corrected chi connectivity index (χ2v) is 5.89. The van der Waals surface area contributed by atoms with Crippen LogP contribution in [0.2, 0.25) is 0 Å². The minimum Gasteiger partial charge on any atom is -0.396 e. The average Bonchev–Trinajstić information content (AvgIpc) is 2.45. The third-order valence-corrected chi connectivity index (χ3v) is 4.17. The predicted octanol–water partition coefficient (Wildman–Crippen LogP) is 3.72. The molecule has 0 aromatic heterocycles. The molecular weight excluding hydrogens is 316 g/mol. The van der Waals surface area contributed by atoms with Gasteiger partial charge in [0.05, 0.1) is 0 Å². The van der Waals surface area contributed by atoms with Gasteiger partial charge in [-0.15, -0.1) is 0 Å². The van der Waals surface area contributed by atoms with Crippen molar-refractivity contribution in [2.45, 2.75) is 39.7 Å². The monoisotopic (exact) mass is 342 g/mol. The van der Waals surface area contributed by atoms with Crippen LogP contribution in [0.5, 0.6) is 0 Å². The van der Waals surface area contributed by atoms with Crippen LogP contribution in [0.4, 0.5) is 5.69 Å². The summed E-state index contributed by atoms with van der Waals surface area (Å²) in [5, 5.41) is 12.5. The largest absolute Gasteiger partial charge is 0.396 e. The zero-order chi connectivity index (χ0) is 15.0. The van der Waals surface area contributed by atoms with Gasteiger partial charge in [0.1, 0.15) is 0 Å². The molecule has 114 valence electrons. The number of aliphatic hydroxyl groups excluding tert-OH is 1. The molecule has 0 aliphatic carbocycles. The highest BCUT2D eigenvalue weighted by Gasteiger charge is 2.11. The number of halogens is 1. The molecular formula is C16H27BrN2O. The SMILES string of the molecule is CCCNC(C)c1ccc(N(CC)CCCO)cc1Br. The van der Waals surface area contributed by atoms with E-state index >= 15 is 0 Å². The van der Waals surface area contributed by atoms with Crippen LogP contribution in [-0.2, 0) is 0 Å². The molecule has 0 aliphatic heterocycles. The zero-order valence-electron chi connectivity index (χ0n) is 12.8. The minimum atomic E-state index is 0.244. The van der Waals surface area contributed by atoms with Crippen LogP contribution in [0, 0.1) is 0 Å². The van der Waals surface area contributed by atoms with Crippen LogP contribution in [0.15, 0.2) is 22.7 Å². The molecule has 1 aromatic carbocycles. The molecule has 0 aliphatic rings. The molecule has 2 N–H and O–H groups in total. The summed E-state index contributed by atoms with van der Waals surface area (Å²) in [6, 6.07) is 6.89. The zero-order valence-corrected chi connectivity index (χ0v) is 14.4. The summed E-state index contributed by atoms with van der Waals surface area (Å²) in [6.45, 7) is 9.64. The van der Waals surface area contributed by atoms with Crippen molar-refractivity contribution >= 4 is 21.6 Å². The first-order chi connectivity index (χ1) is 9.63. The predicted molar refractivity (Wildman–Crippen MR) is 90.4 cm³/mol.